The zero-order valence-corrected chi connectivity index (χ0v) is 19.7. The van der Waals surface area contributed by atoms with Gasteiger partial charge >= 0.3 is 0 Å². The van der Waals surface area contributed by atoms with Gasteiger partial charge in [0, 0.05) is 38.9 Å². The molecule has 0 radical (unpaired) electrons. The number of hydrogen-bond donors (Lipinski definition) is 0. The van der Waals surface area contributed by atoms with Gasteiger partial charge in [-0.3, -0.25) is 4.79 Å². The summed E-state index contributed by atoms with van der Waals surface area (Å²) in [7, 11) is -1.90. The SMILES string of the molecule is COCCN(CCCc1ccccc1)C(=O)c1ccc(S(=O)(=O)N2CCCCCC2)cc1. The second kappa shape index (κ2) is 12.1. The van der Waals surface area contributed by atoms with Gasteiger partial charge in [0.2, 0.25) is 10.0 Å². The average Bonchev–Trinajstić information content (AvgIpc) is 3.12. The van der Waals surface area contributed by atoms with Crippen LogP contribution in [0.1, 0.15) is 48.0 Å². The molecule has 0 spiro atoms. The smallest absolute Gasteiger partial charge is 0.253 e. The van der Waals surface area contributed by atoms with Crippen molar-refractivity contribution in [1.29, 1.82) is 0 Å². The standard InChI is InChI=1S/C25H34N2O4S/c1-31-21-20-26(17-9-12-22-10-5-4-6-11-22)25(28)23-13-15-24(16-14-23)32(29,30)27-18-7-2-3-8-19-27/h4-6,10-11,13-16H,2-3,7-9,12,17-21H2,1H3. The first-order chi connectivity index (χ1) is 15.5. The molecule has 0 aliphatic carbocycles. The van der Waals surface area contributed by atoms with E-state index in [2.05, 4.69) is 12.1 Å². The molecule has 6 nitrogen and oxygen atoms in total. The van der Waals surface area contributed by atoms with Crippen molar-refractivity contribution in [3.8, 4) is 0 Å². The van der Waals surface area contributed by atoms with Crippen LogP contribution in [0, 0.1) is 0 Å². The Labute approximate surface area is 192 Å². The molecular formula is C25H34N2O4S. The van der Waals surface area contributed by atoms with Gasteiger partial charge in [-0.05, 0) is 55.5 Å². The lowest BCUT2D eigenvalue weighted by molar-refractivity contribution is 0.0693. The molecule has 0 aromatic heterocycles. The molecule has 0 saturated carbocycles. The number of amides is 1. The minimum Gasteiger partial charge on any atom is -0.383 e. The van der Waals surface area contributed by atoms with E-state index in [1.54, 1.807) is 40.6 Å². The van der Waals surface area contributed by atoms with Crippen LogP contribution < -0.4 is 0 Å². The quantitative estimate of drug-likeness (QED) is 0.540. The highest BCUT2D eigenvalue weighted by atomic mass is 32.2. The monoisotopic (exact) mass is 458 g/mol. The lowest BCUT2D eigenvalue weighted by Gasteiger charge is -2.23. The number of aryl methyl sites for hydroxylation is 1. The van der Waals surface area contributed by atoms with Gasteiger partial charge in [-0.15, -0.1) is 0 Å². The fourth-order valence-electron chi connectivity index (χ4n) is 4.02. The molecule has 0 unspecified atom stereocenters. The molecule has 1 fully saturated rings. The van der Waals surface area contributed by atoms with Crippen molar-refractivity contribution in [1.82, 2.24) is 9.21 Å². The predicted octanol–water partition coefficient (Wildman–Crippen LogP) is 3.97. The molecular weight excluding hydrogens is 424 g/mol. The van der Waals surface area contributed by atoms with Crippen LogP contribution in [0.2, 0.25) is 0 Å². The Morgan fingerprint density at radius 2 is 1.59 bits per heavy atom. The van der Waals surface area contributed by atoms with Crippen LogP contribution in [0.15, 0.2) is 59.5 Å². The Kier molecular flexibility index (Phi) is 9.26. The maximum atomic E-state index is 13.1. The van der Waals surface area contributed by atoms with Gasteiger partial charge in [0.25, 0.3) is 5.91 Å². The van der Waals surface area contributed by atoms with Gasteiger partial charge in [-0.2, -0.15) is 4.31 Å². The van der Waals surface area contributed by atoms with Crippen LogP contribution in [0.5, 0.6) is 0 Å². The number of rotatable bonds is 10. The molecule has 2 aromatic carbocycles. The molecule has 32 heavy (non-hydrogen) atoms. The molecule has 2 aromatic rings. The van der Waals surface area contributed by atoms with E-state index < -0.39 is 10.0 Å². The van der Waals surface area contributed by atoms with Crippen molar-refractivity contribution in [2.45, 2.75) is 43.4 Å². The van der Waals surface area contributed by atoms with Crippen molar-refractivity contribution in [2.75, 3.05) is 39.9 Å². The van der Waals surface area contributed by atoms with Crippen LogP contribution in [0.4, 0.5) is 0 Å². The molecule has 1 aliphatic heterocycles. The van der Waals surface area contributed by atoms with Crippen molar-refractivity contribution in [3.63, 3.8) is 0 Å². The summed E-state index contributed by atoms with van der Waals surface area (Å²) in [6, 6.07) is 16.6. The fourth-order valence-corrected chi connectivity index (χ4v) is 5.54. The first kappa shape index (κ1) is 24.4. The Morgan fingerprint density at radius 1 is 0.938 bits per heavy atom. The van der Waals surface area contributed by atoms with Gasteiger partial charge < -0.3 is 9.64 Å². The number of benzene rings is 2. The summed E-state index contributed by atoms with van der Waals surface area (Å²) in [5.74, 6) is -0.103. The maximum absolute atomic E-state index is 13.1. The molecule has 0 atom stereocenters. The van der Waals surface area contributed by atoms with Crippen LogP contribution in [0.3, 0.4) is 0 Å². The number of nitrogens with zero attached hydrogens (tertiary/aromatic N) is 2. The van der Waals surface area contributed by atoms with Gasteiger partial charge in [0.1, 0.15) is 0 Å². The normalized spacial score (nSPS) is 15.3. The second-order valence-corrected chi connectivity index (χ2v) is 10.2. The zero-order chi connectivity index (χ0) is 22.8. The largest absolute Gasteiger partial charge is 0.383 e. The highest BCUT2D eigenvalue weighted by Crippen LogP contribution is 2.21. The third-order valence-electron chi connectivity index (χ3n) is 5.89. The highest BCUT2D eigenvalue weighted by molar-refractivity contribution is 7.89. The summed E-state index contributed by atoms with van der Waals surface area (Å²) in [5, 5.41) is 0. The number of carbonyl (C=O) groups is 1. The highest BCUT2D eigenvalue weighted by Gasteiger charge is 2.25. The molecule has 3 rings (SSSR count). The van der Waals surface area contributed by atoms with Crippen molar-refractivity contribution >= 4 is 15.9 Å². The van der Waals surface area contributed by atoms with Crippen molar-refractivity contribution < 1.29 is 17.9 Å². The lowest BCUT2D eigenvalue weighted by atomic mass is 10.1. The molecule has 1 heterocycles. The Hall–Kier alpha value is -2.22. The van der Waals surface area contributed by atoms with Crippen LogP contribution >= 0.6 is 0 Å². The second-order valence-electron chi connectivity index (χ2n) is 8.22. The van der Waals surface area contributed by atoms with Crippen molar-refractivity contribution in [3.05, 3.63) is 65.7 Å². The Balaban J connectivity index is 1.66. The number of carbonyl (C=O) groups excluding carboxylic acids is 1. The van der Waals surface area contributed by atoms with Gasteiger partial charge in [0.05, 0.1) is 11.5 Å². The topological polar surface area (TPSA) is 66.9 Å². The number of ether oxygens (including phenoxy) is 1. The molecule has 1 aliphatic rings. The Bertz CT molecular complexity index is 938. The molecule has 174 valence electrons. The number of sulfonamides is 1. The Morgan fingerprint density at radius 3 is 2.22 bits per heavy atom. The molecule has 7 heteroatoms. The van der Waals surface area contributed by atoms with E-state index in [0.717, 1.165) is 38.5 Å². The summed E-state index contributed by atoms with van der Waals surface area (Å²) < 4.78 is 32.7. The molecule has 1 amide bonds. The van der Waals surface area contributed by atoms with Crippen LogP contribution in [0.25, 0.3) is 0 Å². The van der Waals surface area contributed by atoms with E-state index in [1.165, 1.54) is 5.56 Å². The number of methoxy groups -OCH3 is 1. The lowest BCUT2D eigenvalue weighted by Crippen LogP contribution is -2.35. The van der Waals surface area contributed by atoms with Crippen molar-refractivity contribution in [2.24, 2.45) is 0 Å². The third kappa shape index (κ3) is 6.64. The van der Waals surface area contributed by atoms with E-state index in [4.69, 9.17) is 4.74 Å². The minimum absolute atomic E-state index is 0.103. The number of hydrogen-bond acceptors (Lipinski definition) is 4. The van der Waals surface area contributed by atoms with E-state index >= 15 is 0 Å². The molecule has 0 N–H and O–H groups in total. The summed E-state index contributed by atoms with van der Waals surface area (Å²) in [4.78, 5) is 15.1. The fraction of sp³-hybridized carbons (Fsp3) is 0.480. The van der Waals surface area contributed by atoms with Gasteiger partial charge in [-0.25, -0.2) is 8.42 Å². The maximum Gasteiger partial charge on any atom is 0.253 e. The summed E-state index contributed by atoms with van der Waals surface area (Å²) in [6.45, 7) is 2.70. The van der Waals surface area contributed by atoms with Crippen LogP contribution in [-0.2, 0) is 21.2 Å². The summed E-state index contributed by atoms with van der Waals surface area (Å²) in [5.41, 5.74) is 1.74. The summed E-state index contributed by atoms with van der Waals surface area (Å²) in [6.07, 6.45) is 5.67. The van der Waals surface area contributed by atoms with Gasteiger partial charge in [0.15, 0.2) is 0 Å². The summed E-state index contributed by atoms with van der Waals surface area (Å²) >= 11 is 0. The van der Waals surface area contributed by atoms with E-state index in [1.807, 2.05) is 18.2 Å². The first-order valence-electron chi connectivity index (χ1n) is 11.4. The van der Waals surface area contributed by atoms with E-state index in [9.17, 15) is 13.2 Å². The third-order valence-corrected chi connectivity index (χ3v) is 7.81. The zero-order valence-electron chi connectivity index (χ0n) is 18.9. The molecule has 1 saturated heterocycles. The van der Waals surface area contributed by atoms with E-state index in [0.29, 0.717) is 38.3 Å². The first-order valence-corrected chi connectivity index (χ1v) is 12.9. The average molecular weight is 459 g/mol. The van der Waals surface area contributed by atoms with Gasteiger partial charge in [-0.1, -0.05) is 43.2 Å². The van der Waals surface area contributed by atoms with E-state index in [-0.39, 0.29) is 10.8 Å². The molecule has 0 bridgehead atoms. The predicted molar refractivity (Wildman–Crippen MR) is 126 cm³/mol. The van der Waals surface area contributed by atoms with Crippen LogP contribution in [-0.4, -0.2) is 63.4 Å². The minimum atomic E-state index is -3.52.